The number of carbonyl (C=O) groups excluding carboxylic acids is 1. The first-order chi connectivity index (χ1) is 15.3. The maximum atomic E-state index is 12.6. The van der Waals surface area contributed by atoms with Gasteiger partial charge in [0, 0.05) is 17.5 Å². The van der Waals surface area contributed by atoms with Gasteiger partial charge in [-0.2, -0.15) is 14.9 Å². The second-order valence-electron chi connectivity index (χ2n) is 6.45. The van der Waals surface area contributed by atoms with Gasteiger partial charge in [-0.3, -0.25) is 9.48 Å². The lowest BCUT2D eigenvalue weighted by atomic mass is 10.2. The molecule has 32 heavy (non-hydrogen) atoms. The molecular weight excluding hydrogens is 529 g/mol. The van der Waals surface area contributed by atoms with Gasteiger partial charge >= 0.3 is 5.95 Å². The van der Waals surface area contributed by atoms with Crippen LogP contribution in [-0.4, -0.2) is 45.2 Å². The van der Waals surface area contributed by atoms with E-state index in [1.165, 1.54) is 21.8 Å². The van der Waals surface area contributed by atoms with E-state index in [1.54, 1.807) is 29.2 Å². The molecule has 0 aliphatic rings. The molecule has 164 valence electrons. The maximum absolute atomic E-state index is 12.6. The van der Waals surface area contributed by atoms with E-state index in [-0.39, 0.29) is 12.4 Å². The van der Waals surface area contributed by atoms with Crippen LogP contribution in [0.25, 0.3) is 0 Å². The number of aromatic nitrogens is 7. The summed E-state index contributed by atoms with van der Waals surface area (Å²) in [6.07, 6.45) is 4.46. The number of nitro groups is 1. The lowest BCUT2D eigenvalue weighted by Gasteiger charge is -2.04. The van der Waals surface area contributed by atoms with Gasteiger partial charge in [0.25, 0.3) is 5.91 Å². The van der Waals surface area contributed by atoms with E-state index in [4.69, 9.17) is 23.2 Å². The number of nitrogens with zero attached hydrogens (tertiary/aromatic N) is 8. The van der Waals surface area contributed by atoms with Crippen molar-refractivity contribution in [2.24, 2.45) is 0 Å². The molecule has 0 unspecified atom stereocenters. The summed E-state index contributed by atoms with van der Waals surface area (Å²) in [5.74, 6) is -0.679. The Morgan fingerprint density at radius 2 is 1.94 bits per heavy atom. The van der Waals surface area contributed by atoms with Crippen molar-refractivity contribution in [3.63, 3.8) is 0 Å². The first-order valence-corrected chi connectivity index (χ1v) is 10.4. The topological polar surface area (TPSA) is 139 Å². The lowest BCUT2D eigenvalue weighted by molar-refractivity contribution is -0.394. The fourth-order valence-electron chi connectivity index (χ4n) is 2.71. The molecule has 1 N–H and O–H groups in total. The Bertz CT molecular complexity index is 1320. The largest absolute Gasteiger partial charge is 0.491 e. The molecule has 0 bridgehead atoms. The highest BCUT2D eigenvalue weighted by molar-refractivity contribution is 9.10. The van der Waals surface area contributed by atoms with Crippen molar-refractivity contribution in [2.75, 3.05) is 5.32 Å². The summed E-state index contributed by atoms with van der Waals surface area (Å²) in [7, 11) is 0. The highest BCUT2D eigenvalue weighted by Crippen LogP contribution is 2.25. The fourth-order valence-corrected chi connectivity index (χ4v) is 3.44. The second-order valence-corrected chi connectivity index (χ2v) is 8.12. The average Bonchev–Trinajstić information content (AvgIpc) is 3.46. The van der Waals surface area contributed by atoms with Crippen LogP contribution in [0.2, 0.25) is 10.0 Å². The Balaban J connectivity index is 1.41. The third kappa shape index (κ3) is 4.95. The first kappa shape index (κ1) is 21.9. The molecule has 3 aromatic heterocycles. The first-order valence-electron chi connectivity index (χ1n) is 8.84. The summed E-state index contributed by atoms with van der Waals surface area (Å²) in [4.78, 5) is 26.1. The molecule has 0 spiro atoms. The molecular formula is C17H12BrCl2N9O3. The van der Waals surface area contributed by atoms with Crippen molar-refractivity contribution in [1.82, 2.24) is 34.3 Å². The van der Waals surface area contributed by atoms with Gasteiger partial charge in [0.2, 0.25) is 6.33 Å². The molecule has 0 radical (unpaired) electrons. The summed E-state index contributed by atoms with van der Waals surface area (Å²) >= 11 is 15.4. The van der Waals surface area contributed by atoms with Gasteiger partial charge in [-0.05, 0) is 44.6 Å². The minimum absolute atomic E-state index is 0.0517. The summed E-state index contributed by atoms with van der Waals surface area (Å²) in [6.45, 7) is 0.472. The molecule has 1 amide bonds. The minimum Gasteiger partial charge on any atom is -0.390 e. The third-order valence-electron chi connectivity index (χ3n) is 4.13. The van der Waals surface area contributed by atoms with Crippen molar-refractivity contribution in [2.45, 2.75) is 13.2 Å². The highest BCUT2D eigenvalue weighted by atomic mass is 79.9. The molecule has 0 saturated heterocycles. The van der Waals surface area contributed by atoms with E-state index in [2.05, 4.69) is 41.5 Å². The standard InChI is InChI=1S/C17H12BrCl2N9O3/c18-11-7-27(6-10-1-2-12(19)13(20)5-10)24-15(11)22-16(30)14-3-4-26(23-14)9-28-8-21-17(25-28)29(31)32/h1-5,7-8H,6,9H2,(H,22,24,30). The molecule has 12 nitrogen and oxygen atoms in total. The van der Waals surface area contributed by atoms with E-state index in [0.29, 0.717) is 26.9 Å². The molecule has 15 heteroatoms. The fraction of sp³-hybridized carbons (Fsp3) is 0.118. The summed E-state index contributed by atoms with van der Waals surface area (Å²) in [5.41, 5.74) is 1.02. The molecule has 3 heterocycles. The zero-order valence-corrected chi connectivity index (χ0v) is 19.0. The Hall–Kier alpha value is -3.29. The van der Waals surface area contributed by atoms with Crippen molar-refractivity contribution in [3.05, 3.63) is 78.9 Å². The number of amides is 1. The SMILES string of the molecule is O=C(Nc1nn(Cc2ccc(Cl)c(Cl)c2)cc1Br)c1ccn(Cn2cnc([N+](=O)[O-])n2)n1. The number of carbonyl (C=O) groups is 1. The van der Waals surface area contributed by atoms with Crippen molar-refractivity contribution < 1.29 is 9.72 Å². The molecule has 0 atom stereocenters. The number of halogens is 3. The second kappa shape index (κ2) is 9.06. The number of hydrogen-bond donors (Lipinski definition) is 1. The third-order valence-corrected chi connectivity index (χ3v) is 5.45. The molecule has 4 aromatic rings. The van der Waals surface area contributed by atoms with Crippen molar-refractivity contribution >= 4 is 56.8 Å². The van der Waals surface area contributed by atoms with Crippen LogP contribution in [0.4, 0.5) is 11.8 Å². The Labute approximate surface area is 198 Å². The monoisotopic (exact) mass is 539 g/mol. The van der Waals surface area contributed by atoms with Crippen molar-refractivity contribution in [3.8, 4) is 0 Å². The van der Waals surface area contributed by atoms with Gasteiger partial charge in [0.1, 0.15) is 0 Å². The smallest absolute Gasteiger partial charge is 0.390 e. The van der Waals surface area contributed by atoms with Gasteiger partial charge in [-0.15, -0.1) is 0 Å². The van der Waals surface area contributed by atoms with Crippen LogP contribution in [0.5, 0.6) is 0 Å². The molecule has 1 aromatic carbocycles. The minimum atomic E-state index is -0.697. The molecule has 0 fully saturated rings. The van der Waals surface area contributed by atoms with Crippen LogP contribution >= 0.6 is 39.1 Å². The predicted octanol–water partition coefficient (Wildman–Crippen LogP) is 3.46. The number of benzene rings is 1. The predicted molar refractivity (Wildman–Crippen MR) is 118 cm³/mol. The maximum Gasteiger partial charge on any atom is 0.491 e. The number of anilines is 1. The van der Waals surface area contributed by atoms with Gasteiger partial charge in [-0.1, -0.05) is 34.3 Å². The lowest BCUT2D eigenvalue weighted by Crippen LogP contribution is -2.15. The summed E-state index contributed by atoms with van der Waals surface area (Å²) < 4.78 is 4.84. The Morgan fingerprint density at radius 1 is 1.12 bits per heavy atom. The van der Waals surface area contributed by atoms with Gasteiger partial charge in [-0.25, -0.2) is 4.68 Å². The highest BCUT2D eigenvalue weighted by Gasteiger charge is 2.17. The number of nitrogens with one attached hydrogen (secondary N) is 1. The van der Waals surface area contributed by atoms with Crippen LogP contribution < -0.4 is 5.32 Å². The van der Waals surface area contributed by atoms with E-state index >= 15 is 0 Å². The molecule has 4 rings (SSSR count). The van der Waals surface area contributed by atoms with Crippen molar-refractivity contribution in [1.29, 1.82) is 0 Å². The zero-order valence-electron chi connectivity index (χ0n) is 15.9. The van der Waals surface area contributed by atoms with E-state index in [0.717, 1.165) is 5.56 Å². The van der Waals surface area contributed by atoms with E-state index in [1.807, 2.05) is 6.07 Å². The number of rotatable bonds is 7. The van der Waals surface area contributed by atoms with Crippen LogP contribution in [0.3, 0.4) is 0 Å². The van der Waals surface area contributed by atoms with Gasteiger partial charge < -0.3 is 15.4 Å². The molecule has 0 aliphatic carbocycles. The van der Waals surface area contributed by atoms with E-state index < -0.39 is 16.8 Å². The van der Waals surface area contributed by atoms with Crippen LogP contribution in [-0.2, 0) is 13.2 Å². The summed E-state index contributed by atoms with van der Waals surface area (Å²) in [6, 6.07) is 6.78. The normalized spacial score (nSPS) is 11.0. The molecule has 0 aliphatic heterocycles. The average molecular weight is 541 g/mol. The Morgan fingerprint density at radius 3 is 2.66 bits per heavy atom. The summed E-state index contributed by atoms with van der Waals surface area (Å²) in [5, 5.41) is 26.5. The molecule has 0 saturated carbocycles. The zero-order chi connectivity index (χ0) is 22.8. The quantitative estimate of drug-likeness (QED) is 0.279. The van der Waals surface area contributed by atoms with Gasteiger partial charge in [0.05, 0.1) is 21.1 Å². The van der Waals surface area contributed by atoms with Crippen LogP contribution in [0.1, 0.15) is 16.1 Å². The van der Waals surface area contributed by atoms with E-state index in [9.17, 15) is 14.9 Å². The Kier molecular flexibility index (Phi) is 6.21. The number of hydrogen-bond acceptors (Lipinski definition) is 7. The van der Waals surface area contributed by atoms with Gasteiger partial charge in [0.15, 0.2) is 18.2 Å². The van der Waals surface area contributed by atoms with Crippen LogP contribution in [0.15, 0.2) is 47.5 Å². The van der Waals surface area contributed by atoms with Crippen LogP contribution in [0, 0.1) is 10.1 Å².